The fraction of sp³-hybridized carbons (Fsp3) is 0.308. The molecule has 7 heteroatoms. The maximum absolute atomic E-state index is 11.0. The minimum atomic E-state index is -0.463. The van der Waals surface area contributed by atoms with Crippen molar-refractivity contribution in [3.05, 3.63) is 52.1 Å². The Morgan fingerprint density at radius 1 is 1.40 bits per heavy atom. The van der Waals surface area contributed by atoms with Crippen molar-refractivity contribution in [3.63, 3.8) is 0 Å². The molecule has 0 atom stereocenters. The lowest BCUT2D eigenvalue weighted by Crippen LogP contribution is -2.08. The van der Waals surface area contributed by atoms with Gasteiger partial charge in [0, 0.05) is 25.4 Å². The van der Waals surface area contributed by atoms with Crippen LogP contribution < -0.4 is 5.32 Å². The fourth-order valence-electron chi connectivity index (χ4n) is 1.71. The molecule has 0 aliphatic rings. The van der Waals surface area contributed by atoms with E-state index in [1.54, 1.807) is 18.5 Å². The molecule has 0 saturated heterocycles. The zero-order valence-corrected chi connectivity index (χ0v) is 11.1. The first kappa shape index (κ1) is 13.9. The number of rotatable bonds is 6. The number of nitrogens with one attached hydrogen (secondary N) is 1. The van der Waals surface area contributed by atoms with Crippen LogP contribution in [0.15, 0.2) is 30.7 Å². The van der Waals surface area contributed by atoms with Gasteiger partial charge in [0.1, 0.15) is 11.9 Å². The monoisotopic (exact) mass is 273 g/mol. The Labute approximate surface area is 116 Å². The van der Waals surface area contributed by atoms with E-state index >= 15 is 0 Å². The van der Waals surface area contributed by atoms with Gasteiger partial charge < -0.3 is 5.32 Å². The number of nitro groups is 1. The summed E-state index contributed by atoms with van der Waals surface area (Å²) in [6.45, 7) is 2.75. The standard InChI is InChI=1S/C13H15N5O2/c1-2-5-15-13-16-9-12(18(19)20)11(17-13)7-10-4-3-6-14-8-10/h3-4,6,8-9H,2,5,7H2,1H3,(H,15,16,17). The van der Waals surface area contributed by atoms with Gasteiger partial charge in [0.2, 0.25) is 5.95 Å². The van der Waals surface area contributed by atoms with Crippen LogP contribution >= 0.6 is 0 Å². The predicted octanol–water partition coefficient (Wildman–Crippen LogP) is 2.19. The Bertz CT molecular complexity index is 589. The molecular weight excluding hydrogens is 258 g/mol. The highest BCUT2D eigenvalue weighted by Crippen LogP contribution is 2.19. The molecule has 20 heavy (non-hydrogen) atoms. The molecule has 0 aliphatic heterocycles. The van der Waals surface area contributed by atoms with Crippen molar-refractivity contribution < 1.29 is 4.92 Å². The van der Waals surface area contributed by atoms with E-state index in [0.29, 0.717) is 18.1 Å². The quantitative estimate of drug-likeness (QED) is 0.640. The Hall–Kier alpha value is -2.57. The van der Waals surface area contributed by atoms with E-state index < -0.39 is 4.92 Å². The van der Waals surface area contributed by atoms with E-state index in [9.17, 15) is 10.1 Å². The van der Waals surface area contributed by atoms with Crippen LogP contribution in [-0.4, -0.2) is 26.4 Å². The minimum Gasteiger partial charge on any atom is -0.354 e. The van der Waals surface area contributed by atoms with Crippen molar-refractivity contribution in [2.45, 2.75) is 19.8 Å². The lowest BCUT2D eigenvalue weighted by Gasteiger charge is -2.06. The molecule has 0 aliphatic carbocycles. The van der Waals surface area contributed by atoms with E-state index in [2.05, 4.69) is 20.3 Å². The molecule has 0 saturated carbocycles. The van der Waals surface area contributed by atoms with Gasteiger partial charge in [-0.15, -0.1) is 0 Å². The topological polar surface area (TPSA) is 93.8 Å². The SMILES string of the molecule is CCCNc1ncc([N+](=O)[O-])c(Cc2cccnc2)n1. The summed E-state index contributed by atoms with van der Waals surface area (Å²) in [5.74, 6) is 0.413. The summed E-state index contributed by atoms with van der Waals surface area (Å²) >= 11 is 0. The molecule has 7 nitrogen and oxygen atoms in total. The molecule has 0 amide bonds. The number of hydrogen-bond acceptors (Lipinski definition) is 6. The van der Waals surface area contributed by atoms with Gasteiger partial charge in [-0.2, -0.15) is 0 Å². The van der Waals surface area contributed by atoms with Crippen LogP contribution in [0.1, 0.15) is 24.6 Å². The summed E-state index contributed by atoms with van der Waals surface area (Å²) < 4.78 is 0. The van der Waals surface area contributed by atoms with Crippen molar-refractivity contribution >= 4 is 11.6 Å². The van der Waals surface area contributed by atoms with Crippen LogP contribution in [0.5, 0.6) is 0 Å². The van der Waals surface area contributed by atoms with Crippen molar-refractivity contribution in [2.24, 2.45) is 0 Å². The lowest BCUT2D eigenvalue weighted by molar-refractivity contribution is -0.386. The first-order valence-electron chi connectivity index (χ1n) is 6.33. The molecule has 2 rings (SSSR count). The van der Waals surface area contributed by atoms with Gasteiger partial charge in [0.05, 0.1) is 4.92 Å². The molecule has 0 unspecified atom stereocenters. The van der Waals surface area contributed by atoms with E-state index in [1.165, 1.54) is 6.20 Å². The van der Waals surface area contributed by atoms with Gasteiger partial charge >= 0.3 is 5.69 Å². The van der Waals surface area contributed by atoms with Crippen LogP contribution in [0.2, 0.25) is 0 Å². The molecule has 104 valence electrons. The molecule has 0 radical (unpaired) electrons. The average Bonchev–Trinajstić information content (AvgIpc) is 2.46. The molecule has 0 fully saturated rings. The molecule has 0 aromatic carbocycles. The second kappa shape index (κ2) is 6.55. The summed E-state index contributed by atoms with van der Waals surface area (Å²) in [6, 6.07) is 3.65. The average molecular weight is 273 g/mol. The third kappa shape index (κ3) is 3.47. The van der Waals surface area contributed by atoms with Crippen molar-refractivity contribution in [1.29, 1.82) is 0 Å². The number of aromatic nitrogens is 3. The van der Waals surface area contributed by atoms with Crippen LogP contribution in [0.4, 0.5) is 11.6 Å². The summed E-state index contributed by atoms with van der Waals surface area (Å²) in [5, 5.41) is 14.1. The van der Waals surface area contributed by atoms with E-state index in [0.717, 1.165) is 18.5 Å². The van der Waals surface area contributed by atoms with Crippen molar-refractivity contribution in [2.75, 3.05) is 11.9 Å². The third-order valence-corrected chi connectivity index (χ3v) is 2.67. The minimum absolute atomic E-state index is 0.0732. The van der Waals surface area contributed by atoms with Crippen molar-refractivity contribution in [1.82, 2.24) is 15.0 Å². The molecule has 1 N–H and O–H groups in total. The van der Waals surface area contributed by atoms with Gasteiger partial charge in [0.25, 0.3) is 0 Å². The molecule has 2 heterocycles. The summed E-state index contributed by atoms with van der Waals surface area (Å²) in [5.41, 5.74) is 1.18. The Balaban J connectivity index is 2.29. The highest BCUT2D eigenvalue weighted by atomic mass is 16.6. The van der Waals surface area contributed by atoms with Crippen molar-refractivity contribution in [3.8, 4) is 0 Å². The summed E-state index contributed by atoms with van der Waals surface area (Å²) in [7, 11) is 0. The van der Waals surface area contributed by atoms with E-state index in [-0.39, 0.29) is 5.69 Å². The molecule has 0 bridgehead atoms. The second-order valence-electron chi connectivity index (χ2n) is 4.25. The highest BCUT2D eigenvalue weighted by molar-refractivity contribution is 5.40. The number of nitrogens with zero attached hydrogens (tertiary/aromatic N) is 4. The Morgan fingerprint density at radius 3 is 2.90 bits per heavy atom. The molecule has 2 aromatic rings. The van der Waals surface area contributed by atoms with Gasteiger partial charge in [0.15, 0.2) is 0 Å². The first-order chi connectivity index (χ1) is 9.70. The second-order valence-corrected chi connectivity index (χ2v) is 4.25. The Kier molecular flexibility index (Phi) is 4.54. The summed E-state index contributed by atoms with van der Waals surface area (Å²) in [4.78, 5) is 22.8. The zero-order chi connectivity index (χ0) is 14.4. The van der Waals surface area contributed by atoms with Gasteiger partial charge in [-0.05, 0) is 18.1 Å². The lowest BCUT2D eigenvalue weighted by atomic mass is 10.1. The number of hydrogen-bond donors (Lipinski definition) is 1. The highest BCUT2D eigenvalue weighted by Gasteiger charge is 2.17. The smallest absolute Gasteiger partial charge is 0.309 e. The van der Waals surface area contributed by atoms with E-state index in [1.807, 2.05) is 13.0 Å². The van der Waals surface area contributed by atoms with E-state index in [4.69, 9.17) is 0 Å². The maximum atomic E-state index is 11.0. The van der Waals surface area contributed by atoms with Crippen LogP contribution in [0.3, 0.4) is 0 Å². The predicted molar refractivity (Wildman–Crippen MR) is 74.5 cm³/mol. The Morgan fingerprint density at radius 2 is 2.25 bits per heavy atom. The van der Waals surface area contributed by atoms with Crippen LogP contribution in [0, 0.1) is 10.1 Å². The van der Waals surface area contributed by atoms with Crippen LogP contribution in [0.25, 0.3) is 0 Å². The normalized spacial score (nSPS) is 10.2. The van der Waals surface area contributed by atoms with Crippen LogP contribution in [-0.2, 0) is 6.42 Å². The largest absolute Gasteiger partial charge is 0.354 e. The maximum Gasteiger partial charge on any atom is 0.309 e. The third-order valence-electron chi connectivity index (χ3n) is 2.67. The molecular formula is C13H15N5O2. The molecule has 0 spiro atoms. The van der Waals surface area contributed by atoms with Gasteiger partial charge in [-0.25, -0.2) is 9.97 Å². The van der Waals surface area contributed by atoms with Gasteiger partial charge in [-0.3, -0.25) is 15.1 Å². The zero-order valence-electron chi connectivity index (χ0n) is 11.1. The fourth-order valence-corrected chi connectivity index (χ4v) is 1.71. The van der Waals surface area contributed by atoms with Gasteiger partial charge in [-0.1, -0.05) is 13.0 Å². The molecule has 2 aromatic heterocycles. The number of pyridine rings is 1. The summed E-state index contributed by atoms with van der Waals surface area (Å²) in [6.07, 6.45) is 5.86. The number of anilines is 1. The first-order valence-corrected chi connectivity index (χ1v) is 6.33.